The number of anilines is 1. The molecule has 0 amide bonds. The van der Waals surface area contributed by atoms with Gasteiger partial charge in [-0.15, -0.1) is 0 Å². The fourth-order valence-corrected chi connectivity index (χ4v) is 3.21. The van der Waals surface area contributed by atoms with Gasteiger partial charge in [0, 0.05) is 24.3 Å². The monoisotopic (exact) mass is 262 g/mol. The van der Waals surface area contributed by atoms with Crippen LogP contribution in [-0.2, 0) is 0 Å². The third kappa shape index (κ3) is 2.16. The number of rotatable bonds is 2. The quantitative estimate of drug-likeness (QED) is 0.859. The fraction of sp³-hybridized carbons (Fsp3) is 0.538. The van der Waals surface area contributed by atoms with Crippen LogP contribution >= 0.6 is 11.6 Å². The van der Waals surface area contributed by atoms with Gasteiger partial charge in [0.05, 0.1) is 5.56 Å². The molecule has 3 heterocycles. The predicted octanol–water partition coefficient (Wildman–Crippen LogP) is 2.30. The van der Waals surface area contributed by atoms with Crippen LogP contribution in [-0.4, -0.2) is 23.1 Å². The second kappa shape index (κ2) is 4.75. The van der Waals surface area contributed by atoms with Gasteiger partial charge in [-0.2, -0.15) is 5.26 Å². The molecule has 4 nitrogen and oxygen atoms in total. The van der Waals surface area contributed by atoms with Gasteiger partial charge in [0.1, 0.15) is 16.9 Å². The van der Waals surface area contributed by atoms with Crippen molar-refractivity contribution in [3.05, 3.63) is 22.8 Å². The zero-order valence-corrected chi connectivity index (χ0v) is 10.7. The third-order valence-corrected chi connectivity index (χ3v) is 4.21. The fourth-order valence-electron chi connectivity index (χ4n) is 3.00. The maximum Gasteiger partial charge on any atom is 0.146 e. The zero-order valence-electron chi connectivity index (χ0n) is 9.99. The molecule has 18 heavy (non-hydrogen) atoms. The molecule has 2 unspecified atom stereocenters. The average molecular weight is 263 g/mol. The molecular formula is C13H15ClN4. The number of aromatic nitrogens is 1. The second-order valence-corrected chi connectivity index (χ2v) is 5.46. The van der Waals surface area contributed by atoms with Crippen molar-refractivity contribution >= 4 is 17.4 Å². The summed E-state index contributed by atoms with van der Waals surface area (Å²) in [4.78, 5) is 4.24. The molecule has 1 aromatic heterocycles. The lowest BCUT2D eigenvalue weighted by Crippen LogP contribution is -2.43. The lowest BCUT2D eigenvalue weighted by molar-refractivity contribution is 0.377. The summed E-state index contributed by atoms with van der Waals surface area (Å²) in [5, 5.41) is 16.4. The van der Waals surface area contributed by atoms with Gasteiger partial charge in [0.25, 0.3) is 0 Å². The van der Waals surface area contributed by atoms with E-state index < -0.39 is 0 Å². The summed E-state index contributed by atoms with van der Waals surface area (Å²) < 4.78 is 0. The molecule has 2 bridgehead atoms. The van der Waals surface area contributed by atoms with Gasteiger partial charge < -0.3 is 10.6 Å². The average Bonchev–Trinajstić information content (AvgIpc) is 2.71. The van der Waals surface area contributed by atoms with Crippen molar-refractivity contribution in [2.75, 3.05) is 5.32 Å². The predicted molar refractivity (Wildman–Crippen MR) is 70.6 cm³/mol. The number of nitriles is 1. The van der Waals surface area contributed by atoms with E-state index in [9.17, 15) is 0 Å². The van der Waals surface area contributed by atoms with E-state index in [2.05, 4.69) is 21.7 Å². The number of halogens is 1. The van der Waals surface area contributed by atoms with E-state index in [0.29, 0.717) is 34.5 Å². The van der Waals surface area contributed by atoms with Crippen LogP contribution in [0.2, 0.25) is 5.02 Å². The summed E-state index contributed by atoms with van der Waals surface area (Å²) in [6, 6.07) is 5.37. The molecule has 2 atom stereocenters. The standard InChI is InChI=1S/C13H15ClN4/c14-12-8(7-15)3-4-16-13(12)18-11-5-9-1-2-10(6-11)17-9/h3-4,9-11,17H,1-2,5-6H2,(H,16,18). The zero-order chi connectivity index (χ0) is 12.5. The smallest absolute Gasteiger partial charge is 0.146 e. The lowest BCUT2D eigenvalue weighted by Gasteiger charge is -2.30. The summed E-state index contributed by atoms with van der Waals surface area (Å²) in [7, 11) is 0. The first-order valence-electron chi connectivity index (χ1n) is 6.33. The van der Waals surface area contributed by atoms with Crippen LogP contribution in [0, 0.1) is 11.3 Å². The number of hydrogen-bond donors (Lipinski definition) is 2. The molecular weight excluding hydrogens is 248 g/mol. The minimum Gasteiger partial charge on any atom is -0.366 e. The van der Waals surface area contributed by atoms with Gasteiger partial charge in [0.2, 0.25) is 0 Å². The Kier molecular flexibility index (Phi) is 3.11. The molecule has 2 saturated heterocycles. The Balaban J connectivity index is 1.75. The van der Waals surface area contributed by atoms with Gasteiger partial charge in [0.15, 0.2) is 0 Å². The van der Waals surface area contributed by atoms with Crippen LogP contribution in [0.3, 0.4) is 0 Å². The molecule has 0 radical (unpaired) electrons. The van der Waals surface area contributed by atoms with E-state index in [1.807, 2.05) is 0 Å². The highest BCUT2D eigenvalue weighted by atomic mass is 35.5. The molecule has 0 aliphatic carbocycles. The Bertz CT molecular complexity index is 484. The summed E-state index contributed by atoms with van der Waals surface area (Å²) in [5.41, 5.74) is 0.478. The summed E-state index contributed by atoms with van der Waals surface area (Å²) in [6.45, 7) is 0. The molecule has 1 aromatic rings. The van der Waals surface area contributed by atoms with Gasteiger partial charge in [-0.05, 0) is 31.7 Å². The van der Waals surface area contributed by atoms with Crippen LogP contribution in [0.25, 0.3) is 0 Å². The van der Waals surface area contributed by atoms with Gasteiger partial charge in [-0.25, -0.2) is 4.98 Å². The molecule has 2 aliphatic rings. The van der Waals surface area contributed by atoms with E-state index in [0.717, 1.165) is 12.8 Å². The molecule has 0 aromatic carbocycles. The second-order valence-electron chi connectivity index (χ2n) is 5.08. The number of piperidine rings is 1. The number of nitrogens with zero attached hydrogens (tertiary/aromatic N) is 2. The van der Waals surface area contributed by atoms with Crippen LogP contribution in [0.5, 0.6) is 0 Å². The highest BCUT2D eigenvalue weighted by Crippen LogP contribution is 2.30. The third-order valence-electron chi connectivity index (χ3n) is 3.82. The highest BCUT2D eigenvalue weighted by molar-refractivity contribution is 6.34. The van der Waals surface area contributed by atoms with E-state index in [1.54, 1.807) is 12.3 Å². The molecule has 0 spiro atoms. The normalized spacial score (nSPS) is 29.9. The van der Waals surface area contributed by atoms with Crippen molar-refractivity contribution in [3.8, 4) is 6.07 Å². The summed E-state index contributed by atoms with van der Waals surface area (Å²) >= 11 is 6.15. The van der Waals surface area contributed by atoms with Gasteiger partial charge in [-0.3, -0.25) is 0 Å². The Morgan fingerprint density at radius 1 is 1.39 bits per heavy atom. The largest absolute Gasteiger partial charge is 0.366 e. The Labute approximate surface area is 111 Å². The van der Waals surface area contributed by atoms with Crippen molar-refractivity contribution in [1.82, 2.24) is 10.3 Å². The Morgan fingerprint density at radius 2 is 2.11 bits per heavy atom. The first kappa shape index (κ1) is 11.8. The molecule has 2 fully saturated rings. The molecule has 2 N–H and O–H groups in total. The van der Waals surface area contributed by atoms with Crippen LogP contribution in [0.15, 0.2) is 12.3 Å². The van der Waals surface area contributed by atoms with Gasteiger partial charge in [-0.1, -0.05) is 11.6 Å². The van der Waals surface area contributed by atoms with E-state index in [-0.39, 0.29) is 0 Å². The molecule has 3 rings (SSSR count). The maximum atomic E-state index is 8.94. The van der Waals surface area contributed by atoms with Crippen molar-refractivity contribution in [2.45, 2.75) is 43.8 Å². The number of nitrogens with one attached hydrogen (secondary N) is 2. The van der Waals surface area contributed by atoms with Crippen LogP contribution in [0.1, 0.15) is 31.2 Å². The first-order valence-corrected chi connectivity index (χ1v) is 6.71. The highest BCUT2D eigenvalue weighted by Gasteiger charge is 2.33. The Morgan fingerprint density at radius 3 is 2.78 bits per heavy atom. The molecule has 2 aliphatic heterocycles. The van der Waals surface area contributed by atoms with Crippen molar-refractivity contribution in [2.24, 2.45) is 0 Å². The van der Waals surface area contributed by atoms with Crippen molar-refractivity contribution < 1.29 is 0 Å². The first-order chi connectivity index (χ1) is 8.76. The van der Waals surface area contributed by atoms with E-state index in [4.69, 9.17) is 16.9 Å². The van der Waals surface area contributed by atoms with Crippen LogP contribution < -0.4 is 10.6 Å². The number of fused-ring (bicyclic) bond motifs is 2. The summed E-state index contributed by atoms with van der Waals surface area (Å²) in [6.07, 6.45) is 6.36. The maximum absolute atomic E-state index is 8.94. The molecule has 0 saturated carbocycles. The van der Waals surface area contributed by atoms with E-state index in [1.165, 1.54) is 12.8 Å². The topological polar surface area (TPSA) is 60.7 Å². The number of pyridine rings is 1. The SMILES string of the molecule is N#Cc1ccnc(NC2CC3CCC(C2)N3)c1Cl. The number of hydrogen-bond acceptors (Lipinski definition) is 4. The Hall–Kier alpha value is -1.31. The minimum atomic E-state index is 0.405. The van der Waals surface area contributed by atoms with Crippen molar-refractivity contribution in [3.63, 3.8) is 0 Å². The minimum absolute atomic E-state index is 0.405. The lowest BCUT2D eigenvalue weighted by atomic mass is 10.00. The molecule has 94 valence electrons. The van der Waals surface area contributed by atoms with E-state index >= 15 is 0 Å². The molecule has 5 heteroatoms. The van der Waals surface area contributed by atoms with Gasteiger partial charge >= 0.3 is 0 Å². The van der Waals surface area contributed by atoms with Crippen molar-refractivity contribution in [1.29, 1.82) is 5.26 Å². The van der Waals surface area contributed by atoms with Crippen LogP contribution in [0.4, 0.5) is 5.82 Å². The summed E-state index contributed by atoms with van der Waals surface area (Å²) in [5.74, 6) is 0.641.